The summed E-state index contributed by atoms with van der Waals surface area (Å²) in [6.07, 6.45) is -3.49. The van der Waals surface area contributed by atoms with Crippen molar-refractivity contribution in [2.75, 3.05) is 19.6 Å². The number of alkyl halides is 3. The first kappa shape index (κ1) is 15.7. The van der Waals surface area contributed by atoms with Gasteiger partial charge in [0.05, 0.1) is 13.1 Å². The second-order valence-electron chi connectivity index (χ2n) is 4.53. The van der Waals surface area contributed by atoms with Crippen LogP contribution in [0.3, 0.4) is 0 Å². The Balaban J connectivity index is 2.51. The van der Waals surface area contributed by atoms with Gasteiger partial charge in [-0.1, -0.05) is 37.3 Å². The summed E-state index contributed by atoms with van der Waals surface area (Å²) in [5.41, 5.74) is 0.830. The summed E-state index contributed by atoms with van der Waals surface area (Å²) in [7, 11) is 0. The molecule has 0 bridgehead atoms. The van der Waals surface area contributed by atoms with E-state index < -0.39 is 12.7 Å². The van der Waals surface area contributed by atoms with E-state index in [9.17, 15) is 18.0 Å². The highest BCUT2D eigenvalue weighted by atomic mass is 19.4. The molecule has 0 saturated heterocycles. The van der Waals surface area contributed by atoms with E-state index in [0.29, 0.717) is 6.42 Å². The number of benzene rings is 1. The molecule has 0 aliphatic carbocycles. The number of rotatable bonds is 7. The largest absolute Gasteiger partial charge is 0.401 e. The van der Waals surface area contributed by atoms with Crippen LogP contribution >= 0.6 is 0 Å². The standard InChI is InChI=1S/C14H18F3NO/c1-2-8-18(11-14(15,16)17)10-13(19)9-12-6-4-3-5-7-12/h3-7H,2,8-11H2,1H3. The van der Waals surface area contributed by atoms with Gasteiger partial charge in [-0.15, -0.1) is 0 Å². The minimum absolute atomic E-state index is 0.151. The van der Waals surface area contributed by atoms with E-state index in [4.69, 9.17) is 0 Å². The van der Waals surface area contributed by atoms with Crippen LogP contribution in [0.15, 0.2) is 30.3 Å². The van der Waals surface area contributed by atoms with Crippen molar-refractivity contribution in [1.29, 1.82) is 0 Å². The topological polar surface area (TPSA) is 20.3 Å². The third kappa shape index (κ3) is 6.96. The van der Waals surface area contributed by atoms with Crippen LogP contribution in [0.1, 0.15) is 18.9 Å². The Bertz CT molecular complexity index is 389. The van der Waals surface area contributed by atoms with Crippen molar-refractivity contribution < 1.29 is 18.0 Å². The van der Waals surface area contributed by atoms with Crippen molar-refractivity contribution in [2.45, 2.75) is 25.9 Å². The van der Waals surface area contributed by atoms with Gasteiger partial charge in [-0.3, -0.25) is 9.69 Å². The molecule has 0 fully saturated rings. The van der Waals surface area contributed by atoms with Crippen LogP contribution in [-0.2, 0) is 11.2 Å². The van der Waals surface area contributed by atoms with Gasteiger partial charge < -0.3 is 0 Å². The highest BCUT2D eigenvalue weighted by Crippen LogP contribution is 2.16. The van der Waals surface area contributed by atoms with Gasteiger partial charge >= 0.3 is 6.18 Å². The predicted octanol–water partition coefficient (Wildman–Crippen LogP) is 3.07. The van der Waals surface area contributed by atoms with E-state index in [0.717, 1.165) is 10.5 Å². The minimum atomic E-state index is -4.26. The maximum Gasteiger partial charge on any atom is 0.401 e. The molecule has 1 aromatic rings. The van der Waals surface area contributed by atoms with Crippen molar-refractivity contribution in [2.24, 2.45) is 0 Å². The van der Waals surface area contributed by atoms with E-state index in [1.165, 1.54) is 0 Å². The summed E-state index contributed by atoms with van der Waals surface area (Å²) < 4.78 is 37.1. The molecule has 0 aliphatic heterocycles. The zero-order valence-corrected chi connectivity index (χ0v) is 10.9. The maximum atomic E-state index is 12.4. The fraction of sp³-hybridized carbons (Fsp3) is 0.500. The SMILES string of the molecule is CCCN(CC(=O)Cc1ccccc1)CC(F)(F)F. The summed E-state index contributed by atoms with van der Waals surface area (Å²) in [6.45, 7) is 0.898. The van der Waals surface area contributed by atoms with Gasteiger partial charge in [0, 0.05) is 6.42 Å². The fourth-order valence-electron chi connectivity index (χ4n) is 1.91. The molecule has 1 rings (SSSR count). The molecule has 0 amide bonds. The van der Waals surface area contributed by atoms with Crippen LogP contribution in [0.5, 0.6) is 0 Å². The molecule has 1 aromatic carbocycles. The molecule has 106 valence electrons. The molecule has 0 saturated carbocycles. The van der Waals surface area contributed by atoms with Crippen LogP contribution in [0.2, 0.25) is 0 Å². The van der Waals surface area contributed by atoms with Gasteiger partial charge in [0.2, 0.25) is 0 Å². The van der Waals surface area contributed by atoms with Gasteiger partial charge in [0.1, 0.15) is 0 Å². The van der Waals surface area contributed by atoms with Crippen molar-refractivity contribution in [1.82, 2.24) is 4.90 Å². The lowest BCUT2D eigenvalue weighted by Crippen LogP contribution is -2.38. The smallest absolute Gasteiger partial charge is 0.298 e. The predicted molar refractivity (Wildman–Crippen MR) is 67.9 cm³/mol. The number of hydrogen-bond acceptors (Lipinski definition) is 2. The molecule has 0 heterocycles. The summed E-state index contributed by atoms with van der Waals surface area (Å²) in [6, 6.07) is 9.04. The summed E-state index contributed by atoms with van der Waals surface area (Å²) in [5.74, 6) is -0.191. The molecule has 19 heavy (non-hydrogen) atoms. The molecule has 0 aromatic heterocycles. The van der Waals surface area contributed by atoms with Crippen LogP contribution in [-0.4, -0.2) is 36.5 Å². The molecule has 5 heteroatoms. The second kappa shape index (κ2) is 7.28. The van der Waals surface area contributed by atoms with E-state index in [1.54, 1.807) is 19.1 Å². The molecule has 0 N–H and O–H groups in total. The summed E-state index contributed by atoms with van der Waals surface area (Å²) in [5, 5.41) is 0. The van der Waals surface area contributed by atoms with Gasteiger partial charge in [0.25, 0.3) is 0 Å². The third-order valence-corrected chi connectivity index (χ3v) is 2.59. The van der Waals surface area contributed by atoms with Gasteiger partial charge in [-0.2, -0.15) is 13.2 Å². The number of hydrogen-bond donors (Lipinski definition) is 0. The van der Waals surface area contributed by atoms with E-state index in [2.05, 4.69) is 0 Å². The molecular formula is C14H18F3NO. The Morgan fingerprint density at radius 1 is 1.21 bits per heavy atom. The zero-order chi connectivity index (χ0) is 14.3. The summed E-state index contributed by atoms with van der Waals surface area (Å²) in [4.78, 5) is 12.9. The Kier molecular flexibility index (Phi) is 6.02. The Morgan fingerprint density at radius 2 is 1.84 bits per heavy atom. The number of Topliss-reactive ketones (excluding diaryl/α,β-unsaturated/α-hetero) is 1. The number of carbonyl (C=O) groups is 1. The molecular weight excluding hydrogens is 255 g/mol. The number of halogens is 3. The van der Waals surface area contributed by atoms with Crippen LogP contribution in [0, 0.1) is 0 Å². The van der Waals surface area contributed by atoms with Crippen molar-refractivity contribution >= 4 is 5.78 Å². The first-order chi connectivity index (χ1) is 8.90. The minimum Gasteiger partial charge on any atom is -0.298 e. The van der Waals surface area contributed by atoms with Crippen LogP contribution in [0.25, 0.3) is 0 Å². The molecule has 0 radical (unpaired) electrons. The Hall–Kier alpha value is -1.36. The maximum absolute atomic E-state index is 12.4. The lowest BCUT2D eigenvalue weighted by molar-refractivity contribution is -0.148. The average molecular weight is 273 g/mol. The van der Waals surface area contributed by atoms with E-state index >= 15 is 0 Å². The normalized spacial score (nSPS) is 11.8. The lowest BCUT2D eigenvalue weighted by Gasteiger charge is -2.22. The number of nitrogens with zero attached hydrogens (tertiary/aromatic N) is 1. The number of carbonyl (C=O) groups excluding carboxylic acids is 1. The first-order valence-electron chi connectivity index (χ1n) is 6.25. The van der Waals surface area contributed by atoms with Gasteiger partial charge in [-0.25, -0.2) is 0 Å². The lowest BCUT2D eigenvalue weighted by atomic mass is 10.1. The monoisotopic (exact) mass is 273 g/mol. The Morgan fingerprint density at radius 3 is 2.37 bits per heavy atom. The molecule has 0 unspecified atom stereocenters. The zero-order valence-electron chi connectivity index (χ0n) is 10.9. The van der Waals surface area contributed by atoms with Crippen molar-refractivity contribution in [3.63, 3.8) is 0 Å². The Labute approximate surface area is 111 Å². The highest BCUT2D eigenvalue weighted by Gasteiger charge is 2.30. The van der Waals surface area contributed by atoms with Crippen molar-refractivity contribution in [3.05, 3.63) is 35.9 Å². The van der Waals surface area contributed by atoms with Crippen molar-refractivity contribution in [3.8, 4) is 0 Å². The highest BCUT2D eigenvalue weighted by molar-refractivity contribution is 5.82. The van der Waals surface area contributed by atoms with Crippen LogP contribution < -0.4 is 0 Å². The first-order valence-corrected chi connectivity index (χ1v) is 6.25. The molecule has 2 nitrogen and oxygen atoms in total. The van der Waals surface area contributed by atoms with E-state index in [-0.39, 0.29) is 25.3 Å². The second-order valence-corrected chi connectivity index (χ2v) is 4.53. The molecule has 0 atom stereocenters. The average Bonchev–Trinajstić information content (AvgIpc) is 2.28. The molecule has 0 aliphatic rings. The molecule has 0 spiro atoms. The summed E-state index contributed by atoms with van der Waals surface area (Å²) >= 11 is 0. The van der Waals surface area contributed by atoms with Gasteiger partial charge in [-0.05, 0) is 18.5 Å². The van der Waals surface area contributed by atoms with Gasteiger partial charge in [0.15, 0.2) is 5.78 Å². The quantitative estimate of drug-likeness (QED) is 0.761. The van der Waals surface area contributed by atoms with E-state index in [1.807, 2.05) is 18.2 Å². The fourth-order valence-corrected chi connectivity index (χ4v) is 1.91. The third-order valence-electron chi connectivity index (χ3n) is 2.59. The number of ketones is 1. The van der Waals surface area contributed by atoms with Crippen LogP contribution in [0.4, 0.5) is 13.2 Å².